The van der Waals surface area contributed by atoms with Crippen molar-refractivity contribution >= 4 is 11.3 Å². The number of likely N-dealkylation sites (N-methyl/N-ethyl adjacent to an activating group) is 1. The Hall–Kier alpha value is -1.36. The van der Waals surface area contributed by atoms with Gasteiger partial charge in [0.05, 0.1) is 0 Å². The highest BCUT2D eigenvalue weighted by Crippen LogP contribution is 2.18. The molecule has 0 saturated carbocycles. The zero-order chi connectivity index (χ0) is 14.9. The fourth-order valence-electron chi connectivity index (χ4n) is 2.24. The second kappa shape index (κ2) is 8.82. The highest BCUT2D eigenvalue weighted by molar-refractivity contribution is 7.09. The normalized spacial score (nSPS) is 11.0. The van der Waals surface area contributed by atoms with Crippen LogP contribution in [0.1, 0.15) is 17.4 Å². The highest BCUT2D eigenvalue weighted by atomic mass is 32.1. The SMILES string of the molecule is CCN(CCOc1ccccc1CNC)Cc1cccs1. The fourth-order valence-corrected chi connectivity index (χ4v) is 2.98. The van der Waals surface area contributed by atoms with Gasteiger partial charge in [0, 0.05) is 30.1 Å². The highest BCUT2D eigenvalue weighted by Gasteiger charge is 2.06. The van der Waals surface area contributed by atoms with Crippen molar-refractivity contribution in [2.45, 2.75) is 20.0 Å². The monoisotopic (exact) mass is 304 g/mol. The molecule has 3 nitrogen and oxygen atoms in total. The van der Waals surface area contributed by atoms with Gasteiger partial charge in [-0.3, -0.25) is 4.90 Å². The van der Waals surface area contributed by atoms with Crippen LogP contribution in [0.2, 0.25) is 0 Å². The predicted octanol–water partition coefficient (Wildman–Crippen LogP) is 3.37. The Bertz CT molecular complexity index is 513. The number of nitrogens with one attached hydrogen (secondary N) is 1. The summed E-state index contributed by atoms with van der Waals surface area (Å²) in [6, 6.07) is 12.5. The number of rotatable bonds is 9. The van der Waals surface area contributed by atoms with Gasteiger partial charge >= 0.3 is 0 Å². The van der Waals surface area contributed by atoms with Crippen molar-refractivity contribution in [3.05, 3.63) is 52.2 Å². The number of para-hydroxylation sites is 1. The van der Waals surface area contributed by atoms with E-state index >= 15 is 0 Å². The van der Waals surface area contributed by atoms with Gasteiger partial charge in [0.25, 0.3) is 0 Å². The van der Waals surface area contributed by atoms with E-state index in [2.05, 4.69) is 46.8 Å². The van der Waals surface area contributed by atoms with E-state index in [1.54, 1.807) is 0 Å². The molecule has 0 radical (unpaired) electrons. The van der Waals surface area contributed by atoms with Crippen molar-refractivity contribution in [1.82, 2.24) is 10.2 Å². The van der Waals surface area contributed by atoms with Crippen molar-refractivity contribution < 1.29 is 4.74 Å². The summed E-state index contributed by atoms with van der Waals surface area (Å²) in [5.41, 5.74) is 1.21. The van der Waals surface area contributed by atoms with Gasteiger partial charge in [-0.05, 0) is 31.1 Å². The van der Waals surface area contributed by atoms with Crippen LogP contribution < -0.4 is 10.1 Å². The Morgan fingerprint density at radius 1 is 1.19 bits per heavy atom. The Kier molecular flexibility index (Phi) is 6.73. The van der Waals surface area contributed by atoms with Crippen molar-refractivity contribution in [1.29, 1.82) is 0 Å². The van der Waals surface area contributed by atoms with Crippen LogP contribution >= 0.6 is 11.3 Å². The average molecular weight is 304 g/mol. The number of ether oxygens (including phenoxy) is 1. The maximum absolute atomic E-state index is 5.96. The molecule has 4 heteroatoms. The van der Waals surface area contributed by atoms with Gasteiger partial charge in [-0.1, -0.05) is 31.2 Å². The molecule has 2 aromatic rings. The third-order valence-corrected chi connectivity index (χ3v) is 4.27. The third kappa shape index (κ3) is 5.16. The zero-order valence-electron chi connectivity index (χ0n) is 12.8. The molecule has 0 aliphatic carbocycles. The Morgan fingerprint density at radius 2 is 2.05 bits per heavy atom. The first-order chi connectivity index (χ1) is 10.3. The molecule has 114 valence electrons. The molecule has 0 fully saturated rings. The molecule has 0 amide bonds. The molecule has 1 N–H and O–H groups in total. The van der Waals surface area contributed by atoms with Crippen LogP contribution in [-0.2, 0) is 13.1 Å². The van der Waals surface area contributed by atoms with E-state index in [0.29, 0.717) is 0 Å². The topological polar surface area (TPSA) is 24.5 Å². The molecule has 0 saturated heterocycles. The summed E-state index contributed by atoms with van der Waals surface area (Å²) in [6.07, 6.45) is 0. The molecular formula is C17H24N2OS. The number of nitrogens with zero attached hydrogens (tertiary/aromatic N) is 1. The lowest BCUT2D eigenvalue weighted by molar-refractivity contribution is 0.210. The second-order valence-corrected chi connectivity index (χ2v) is 5.97. The van der Waals surface area contributed by atoms with Gasteiger partial charge in [0.2, 0.25) is 0 Å². The number of benzene rings is 1. The molecule has 21 heavy (non-hydrogen) atoms. The molecule has 0 bridgehead atoms. The molecule has 0 atom stereocenters. The summed E-state index contributed by atoms with van der Waals surface area (Å²) in [4.78, 5) is 3.82. The standard InChI is InChI=1S/C17H24N2OS/c1-3-19(14-16-8-6-12-21-16)10-11-20-17-9-5-4-7-15(17)13-18-2/h4-9,12,18H,3,10-11,13-14H2,1-2H3. The average Bonchev–Trinajstić information content (AvgIpc) is 3.01. The molecule has 1 aromatic carbocycles. The number of hydrogen-bond donors (Lipinski definition) is 1. The third-order valence-electron chi connectivity index (χ3n) is 3.41. The van der Waals surface area contributed by atoms with Crippen LogP contribution in [0.5, 0.6) is 5.75 Å². The Morgan fingerprint density at radius 3 is 2.76 bits per heavy atom. The quantitative estimate of drug-likeness (QED) is 0.769. The molecule has 0 aliphatic heterocycles. The molecule has 0 aliphatic rings. The Labute approximate surface area is 131 Å². The van der Waals surface area contributed by atoms with Crippen molar-refractivity contribution in [2.24, 2.45) is 0 Å². The van der Waals surface area contributed by atoms with Crippen LogP contribution in [-0.4, -0.2) is 31.6 Å². The van der Waals surface area contributed by atoms with Crippen molar-refractivity contribution in [3.63, 3.8) is 0 Å². The van der Waals surface area contributed by atoms with Crippen LogP contribution in [0, 0.1) is 0 Å². The maximum atomic E-state index is 5.96. The summed E-state index contributed by atoms with van der Waals surface area (Å²) in [5.74, 6) is 0.985. The molecular weight excluding hydrogens is 280 g/mol. The summed E-state index contributed by atoms with van der Waals surface area (Å²) >= 11 is 1.81. The van der Waals surface area contributed by atoms with E-state index in [1.165, 1.54) is 10.4 Å². The van der Waals surface area contributed by atoms with E-state index in [9.17, 15) is 0 Å². The lowest BCUT2D eigenvalue weighted by Gasteiger charge is -2.20. The largest absolute Gasteiger partial charge is 0.492 e. The summed E-state index contributed by atoms with van der Waals surface area (Å²) in [6.45, 7) is 6.75. The first-order valence-corrected chi connectivity index (χ1v) is 8.31. The maximum Gasteiger partial charge on any atom is 0.123 e. The molecule has 0 unspecified atom stereocenters. The van der Waals surface area contributed by atoms with Crippen LogP contribution in [0.3, 0.4) is 0 Å². The first-order valence-electron chi connectivity index (χ1n) is 7.43. The summed E-state index contributed by atoms with van der Waals surface area (Å²) < 4.78 is 5.96. The first kappa shape index (κ1) is 16.0. The zero-order valence-corrected chi connectivity index (χ0v) is 13.7. The van der Waals surface area contributed by atoms with Gasteiger partial charge in [0.15, 0.2) is 0 Å². The van der Waals surface area contributed by atoms with E-state index in [-0.39, 0.29) is 0 Å². The van der Waals surface area contributed by atoms with Gasteiger partial charge in [-0.25, -0.2) is 0 Å². The van der Waals surface area contributed by atoms with Crippen molar-refractivity contribution in [3.8, 4) is 5.75 Å². The number of hydrogen-bond acceptors (Lipinski definition) is 4. The smallest absolute Gasteiger partial charge is 0.123 e. The lowest BCUT2D eigenvalue weighted by atomic mass is 10.2. The minimum atomic E-state index is 0.722. The molecule has 1 aromatic heterocycles. The van der Waals surface area contributed by atoms with Crippen molar-refractivity contribution in [2.75, 3.05) is 26.7 Å². The fraction of sp³-hybridized carbons (Fsp3) is 0.412. The van der Waals surface area contributed by atoms with E-state index < -0.39 is 0 Å². The van der Waals surface area contributed by atoms with Gasteiger partial charge in [0.1, 0.15) is 12.4 Å². The van der Waals surface area contributed by atoms with E-state index in [0.717, 1.165) is 38.5 Å². The van der Waals surface area contributed by atoms with Crippen LogP contribution in [0.25, 0.3) is 0 Å². The van der Waals surface area contributed by atoms with Gasteiger partial charge in [-0.2, -0.15) is 0 Å². The minimum absolute atomic E-state index is 0.722. The lowest BCUT2D eigenvalue weighted by Crippen LogP contribution is -2.27. The van der Waals surface area contributed by atoms with Crippen LogP contribution in [0.4, 0.5) is 0 Å². The van der Waals surface area contributed by atoms with E-state index in [4.69, 9.17) is 4.74 Å². The molecule has 0 spiro atoms. The molecule has 2 rings (SSSR count). The van der Waals surface area contributed by atoms with Crippen LogP contribution in [0.15, 0.2) is 41.8 Å². The second-order valence-electron chi connectivity index (χ2n) is 4.93. The minimum Gasteiger partial charge on any atom is -0.492 e. The molecule has 1 heterocycles. The van der Waals surface area contributed by atoms with Gasteiger partial charge in [-0.15, -0.1) is 11.3 Å². The van der Waals surface area contributed by atoms with Gasteiger partial charge < -0.3 is 10.1 Å². The summed E-state index contributed by atoms with van der Waals surface area (Å²) in [5, 5.41) is 5.31. The number of thiophene rings is 1. The van der Waals surface area contributed by atoms with E-state index in [1.807, 2.05) is 30.5 Å². The Balaban J connectivity index is 1.82. The summed E-state index contributed by atoms with van der Waals surface area (Å²) in [7, 11) is 1.95. The predicted molar refractivity (Wildman–Crippen MR) is 90.0 cm³/mol.